The zero-order valence-electron chi connectivity index (χ0n) is 7.55. The second kappa shape index (κ2) is 3.18. The number of tetrazole rings is 1. The summed E-state index contributed by atoms with van der Waals surface area (Å²) in [5.41, 5.74) is -0.455. The van der Waals surface area contributed by atoms with Gasteiger partial charge in [0.25, 0.3) is 0 Å². The van der Waals surface area contributed by atoms with Crippen molar-refractivity contribution in [2.75, 3.05) is 0 Å². The van der Waals surface area contributed by atoms with E-state index in [4.69, 9.17) is 5.26 Å². The summed E-state index contributed by atoms with van der Waals surface area (Å²) in [5, 5.41) is 19.6. The molecule has 1 aliphatic carbocycles. The topological polar surface area (TPSA) is 84.5 Å². The van der Waals surface area contributed by atoms with Gasteiger partial charge >= 0.3 is 0 Å². The number of nitriles is 1. The van der Waals surface area contributed by atoms with Crippen LogP contribution in [-0.2, 0) is 11.3 Å². The van der Waals surface area contributed by atoms with E-state index in [0.29, 0.717) is 25.8 Å². The van der Waals surface area contributed by atoms with Crippen LogP contribution in [0.15, 0.2) is 6.33 Å². The molecular formula is C8H9N5O. The van der Waals surface area contributed by atoms with Crippen molar-refractivity contribution in [2.45, 2.75) is 25.8 Å². The summed E-state index contributed by atoms with van der Waals surface area (Å²) >= 11 is 0. The summed E-state index contributed by atoms with van der Waals surface area (Å²) in [5.74, 6) is 0.170. The highest BCUT2D eigenvalue weighted by molar-refractivity contribution is 5.87. The van der Waals surface area contributed by atoms with E-state index < -0.39 is 5.41 Å². The molecule has 1 saturated carbocycles. The Morgan fingerprint density at radius 1 is 1.64 bits per heavy atom. The molecule has 1 aliphatic rings. The Kier molecular flexibility index (Phi) is 2.00. The fourth-order valence-electron chi connectivity index (χ4n) is 1.63. The van der Waals surface area contributed by atoms with Gasteiger partial charge in [0, 0.05) is 19.4 Å². The molecule has 0 radical (unpaired) electrons. The van der Waals surface area contributed by atoms with Crippen LogP contribution < -0.4 is 0 Å². The Morgan fingerprint density at radius 3 is 2.93 bits per heavy atom. The maximum atomic E-state index is 10.8. The molecule has 0 aliphatic heterocycles. The lowest BCUT2D eigenvalue weighted by Gasteiger charge is -2.33. The Hall–Kier alpha value is -1.77. The van der Waals surface area contributed by atoms with Crippen molar-refractivity contribution < 1.29 is 4.79 Å². The fraction of sp³-hybridized carbons (Fsp3) is 0.625. The monoisotopic (exact) mass is 191 g/mol. The largest absolute Gasteiger partial charge is 0.300 e. The number of rotatable bonds is 3. The van der Waals surface area contributed by atoms with Crippen LogP contribution in [0.3, 0.4) is 0 Å². The Bertz CT molecular complexity index is 369. The molecule has 0 atom stereocenters. The van der Waals surface area contributed by atoms with Crippen molar-refractivity contribution >= 4 is 5.78 Å². The first-order valence-corrected chi connectivity index (χ1v) is 4.38. The lowest BCUT2D eigenvalue weighted by atomic mass is 9.67. The molecule has 0 spiro atoms. The lowest BCUT2D eigenvalue weighted by molar-refractivity contribution is -0.130. The number of nitrogens with zero attached hydrogens (tertiary/aromatic N) is 5. The summed E-state index contributed by atoms with van der Waals surface area (Å²) in [6.45, 7) is 0.591. The lowest BCUT2D eigenvalue weighted by Crippen LogP contribution is -2.37. The molecule has 6 nitrogen and oxygen atoms in total. The molecule has 2 rings (SSSR count). The highest BCUT2D eigenvalue weighted by atomic mass is 16.1. The molecule has 72 valence electrons. The smallest absolute Gasteiger partial charge is 0.138 e. The van der Waals surface area contributed by atoms with Gasteiger partial charge in [-0.2, -0.15) is 5.26 Å². The molecule has 0 unspecified atom stereocenters. The molecule has 1 aromatic rings. The molecule has 0 saturated heterocycles. The quantitative estimate of drug-likeness (QED) is 0.668. The number of ketones is 1. The second-order valence-electron chi connectivity index (χ2n) is 3.61. The third kappa shape index (κ3) is 1.48. The predicted molar refractivity (Wildman–Crippen MR) is 44.7 cm³/mol. The van der Waals surface area contributed by atoms with Gasteiger partial charge in [0.1, 0.15) is 12.1 Å². The number of hydrogen-bond donors (Lipinski definition) is 0. The standard InChI is InChI=1S/C8H9N5O/c9-5-8(3-7(14)4-8)1-2-13-6-10-11-12-13/h6H,1-4H2. The molecule has 0 amide bonds. The van der Waals surface area contributed by atoms with Gasteiger partial charge in [-0.1, -0.05) is 0 Å². The second-order valence-corrected chi connectivity index (χ2v) is 3.61. The molecule has 6 heteroatoms. The summed E-state index contributed by atoms with van der Waals surface area (Å²) in [4.78, 5) is 10.8. The molecule has 0 bridgehead atoms. The minimum absolute atomic E-state index is 0.170. The SMILES string of the molecule is N#CC1(CCn2cnnn2)CC(=O)C1. The van der Waals surface area contributed by atoms with E-state index in [1.54, 1.807) is 4.68 Å². The maximum Gasteiger partial charge on any atom is 0.138 e. The van der Waals surface area contributed by atoms with Gasteiger partial charge in [-0.15, -0.1) is 5.10 Å². The third-order valence-corrected chi connectivity index (χ3v) is 2.52. The Balaban J connectivity index is 1.92. The number of Topliss-reactive ketones (excluding diaryl/α,β-unsaturated/α-hetero) is 1. The number of aryl methyl sites for hydroxylation is 1. The number of aromatic nitrogens is 4. The fourth-order valence-corrected chi connectivity index (χ4v) is 1.63. The molecule has 0 aromatic carbocycles. The van der Waals surface area contributed by atoms with E-state index in [1.165, 1.54) is 6.33 Å². The Morgan fingerprint density at radius 2 is 2.43 bits per heavy atom. The zero-order valence-corrected chi connectivity index (χ0v) is 7.55. The number of hydrogen-bond acceptors (Lipinski definition) is 5. The predicted octanol–water partition coefficient (Wildman–Crippen LogP) is -0.0639. The van der Waals surface area contributed by atoms with Crippen LogP contribution >= 0.6 is 0 Å². The van der Waals surface area contributed by atoms with E-state index in [0.717, 1.165) is 0 Å². The summed E-state index contributed by atoms with van der Waals surface area (Å²) < 4.78 is 1.57. The van der Waals surface area contributed by atoms with Crippen LogP contribution in [-0.4, -0.2) is 26.0 Å². The van der Waals surface area contributed by atoms with Crippen molar-refractivity contribution in [3.8, 4) is 6.07 Å². The average Bonchev–Trinajstić information content (AvgIpc) is 2.63. The van der Waals surface area contributed by atoms with Crippen molar-refractivity contribution in [1.29, 1.82) is 5.26 Å². The van der Waals surface area contributed by atoms with Crippen LogP contribution in [0.4, 0.5) is 0 Å². The number of carbonyl (C=O) groups excluding carboxylic acids is 1. The molecule has 0 N–H and O–H groups in total. The summed E-state index contributed by atoms with van der Waals surface area (Å²) in [6.07, 6.45) is 2.91. The molecule has 1 aromatic heterocycles. The van der Waals surface area contributed by atoms with Gasteiger partial charge in [0.05, 0.1) is 11.5 Å². The highest BCUT2D eigenvalue weighted by Gasteiger charge is 2.43. The molecular weight excluding hydrogens is 182 g/mol. The Labute approximate surface area is 80.5 Å². The summed E-state index contributed by atoms with van der Waals surface area (Å²) in [6, 6.07) is 2.21. The first kappa shape index (κ1) is 8.81. The van der Waals surface area contributed by atoms with Gasteiger partial charge < -0.3 is 0 Å². The van der Waals surface area contributed by atoms with E-state index in [2.05, 4.69) is 21.6 Å². The normalized spacial score (nSPS) is 18.6. The minimum atomic E-state index is -0.455. The van der Waals surface area contributed by atoms with Crippen molar-refractivity contribution in [2.24, 2.45) is 5.41 Å². The van der Waals surface area contributed by atoms with Gasteiger partial charge in [-0.3, -0.25) is 4.79 Å². The van der Waals surface area contributed by atoms with Crippen LogP contribution in [0.25, 0.3) is 0 Å². The molecule has 1 heterocycles. The first-order chi connectivity index (χ1) is 6.74. The van der Waals surface area contributed by atoms with Crippen molar-refractivity contribution in [1.82, 2.24) is 20.2 Å². The summed E-state index contributed by atoms with van der Waals surface area (Å²) in [7, 11) is 0. The van der Waals surface area contributed by atoms with Gasteiger partial charge in [0.15, 0.2) is 0 Å². The van der Waals surface area contributed by atoms with Crippen LogP contribution in [0.2, 0.25) is 0 Å². The highest BCUT2D eigenvalue weighted by Crippen LogP contribution is 2.40. The molecule has 14 heavy (non-hydrogen) atoms. The van der Waals surface area contributed by atoms with Crippen molar-refractivity contribution in [3.05, 3.63) is 6.33 Å². The van der Waals surface area contributed by atoms with E-state index in [9.17, 15) is 4.79 Å². The van der Waals surface area contributed by atoms with Gasteiger partial charge in [-0.25, -0.2) is 4.68 Å². The maximum absolute atomic E-state index is 10.8. The van der Waals surface area contributed by atoms with Crippen molar-refractivity contribution in [3.63, 3.8) is 0 Å². The van der Waals surface area contributed by atoms with Gasteiger partial charge in [-0.05, 0) is 16.8 Å². The average molecular weight is 191 g/mol. The van der Waals surface area contributed by atoms with Gasteiger partial charge in [0.2, 0.25) is 0 Å². The first-order valence-electron chi connectivity index (χ1n) is 4.38. The van der Waals surface area contributed by atoms with E-state index in [-0.39, 0.29) is 5.78 Å². The molecule has 1 fully saturated rings. The third-order valence-electron chi connectivity index (χ3n) is 2.52. The number of carbonyl (C=O) groups is 1. The minimum Gasteiger partial charge on any atom is -0.300 e. The van der Waals surface area contributed by atoms with Crippen LogP contribution in [0, 0.1) is 16.7 Å². The van der Waals surface area contributed by atoms with E-state index in [1.807, 2.05) is 0 Å². The van der Waals surface area contributed by atoms with E-state index >= 15 is 0 Å². The van der Waals surface area contributed by atoms with Crippen LogP contribution in [0.1, 0.15) is 19.3 Å². The van der Waals surface area contributed by atoms with Crippen LogP contribution in [0.5, 0.6) is 0 Å². The zero-order chi connectivity index (χ0) is 10.0.